The van der Waals surface area contributed by atoms with E-state index in [1.165, 1.54) is 21.6 Å². The van der Waals surface area contributed by atoms with Crippen molar-refractivity contribution in [1.82, 2.24) is 14.3 Å². The van der Waals surface area contributed by atoms with E-state index in [1.54, 1.807) is 43.3 Å². The van der Waals surface area contributed by atoms with Crippen molar-refractivity contribution in [2.24, 2.45) is 0 Å². The lowest BCUT2D eigenvalue weighted by molar-refractivity contribution is 0.159. The fourth-order valence-corrected chi connectivity index (χ4v) is 6.00. The van der Waals surface area contributed by atoms with E-state index in [9.17, 15) is 8.42 Å². The van der Waals surface area contributed by atoms with E-state index in [0.29, 0.717) is 16.6 Å². The Labute approximate surface area is 204 Å². The maximum atomic E-state index is 14.0. The van der Waals surface area contributed by atoms with Crippen molar-refractivity contribution in [3.63, 3.8) is 0 Å². The van der Waals surface area contributed by atoms with Gasteiger partial charge in [0.1, 0.15) is 0 Å². The van der Waals surface area contributed by atoms with Gasteiger partial charge in [-0.2, -0.15) is 0 Å². The monoisotopic (exact) mass is 502 g/mol. The van der Waals surface area contributed by atoms with Crippen molar-refractivity contribution < 1.29 is 8.42 Å². The van der Waals surface area contributed by atoms with Crippen LogP contribution in [0, 0.1) is 5.41 Å². The molecule has 1 N–H and O–H groups in total. The summed E-state index contributed by atoms with van der Waals surface area (Å²) in [5.74, 6) is -0.139. The van der Waals surface area contributed by atoms with E-state index < -0.39 is 16.1 Å². The molecular formula is C24H24Cl2N4O2S. The summed E-state index contributed by atoms with van der Waals surface area (Å²) in [6, 6.07) is 22.5. The van der Waals surface area contributed by atoms with Gasteiger partial charge in [-0.25, -0.2) is 8.42 Å². The van der Waals surface area contributed by atoms with Gasteiger partial charge in [-0.3, -0.25) is 10.4 Å². The molecule has 3 aromatic carbocycles. The van der Waals surface area contributed by atoms with Gasteiger partial charge in [0.25, 0.3) is 10.0 Å². The van der Waals surface area contributed by atoms with Crippen molar-refractivity contribution in [3.8, 4) is 0 Å². The molecule has 1 aliphatic heterocycles. The first kappa shape index (κ1) is 23.6. The Bertz CT molecular complexity index is 1230. The van der Waals surface area contributed by atoms with Gasteiger partial charge in [-0.05, 0) is 47.5 Å². The molecule has 6 nitrogen and oxygen atoms in total. The summed E-state index contributed by atoms with van der Waals surface area (Å²) in [6.07, 6.45) is 0. The average molecular weight is 503 g/mol. The Balaban J connectivity index is 1.93. The van der Waals surface area contributed by atoms with E-state index in [4.69, 9.17) is 28.6 Å². The summed E-state index contributed by atoms with van der Waals surface area (Å²) in [5, 5.41) is 11.2. The van der Waals surface area contributed by atoms with Gasteiger partial charge in [-0.15, -0.1) is 0 Å². The quantitative estimate of drug-likeness (QED) is 0.391. The molecule has 0 spiro atoms. The molecular weight excluding hydrogens is 479 g/mol. The molecule has 0 aliphatic carbocycles. The number of sulfonamides is 1. The van der Waals surface area contributed by atoms with E-state index in [-0.39, 0.29) is 16.8 Å². The molecule has 0 radical (unpaired) electrons. The van der Waals surface area contributed by atoms with E-state index in [0.717, 1.165) is 11.1 Å². The van der Waals surface area contributed by atoms with Crippen LogP contribution < -0.4 is 0 Å². The first-order valence-electron chi connectivity index (χ1n) is 10.3. The molecule has 1 fully saturated rings. The number of benzene rings is 3. The number of hydrogen-bond acceptors (Lipinski definition) is 3. The van der Waals surface area contributed by atoms with Crippen LogP contribution in [-0.4, -0.2) is 49.3 Å². The van der Waals surface area contributed by atoms with Crippen molar-refractivity contribution in [2.75, 3.05) is 20.6 Å². The van der Waals surface area contributed by atoms with Crippen LogP contribution in [0.25, 0.3) is 0 Å². The zero-order chi connectivity index (χ0) is 23.8. The van der Waals surface area contributed by atoms with Gasteiger partial charge >= 0.3 is 0 Å². The zero-order valence-electron chi connectivity index (χ0n) is 18.2. The highest BCUT2D eigenvalue weighted by Gasteiger charge is 2.49. The summed E-state index contributed by atoms with van der Waals surface area (Å²) in [4.78, 5) is 1.70. The van der Waals surface area contributed by atoms with Crippen LogP contribution in [0.3, 0.4) is 0 Å². The zero-order valence-corrected chi connectivity index (χ0v) is 20.5. The summed E-state index contributed by atoms with van der Waals surface area (Å²) >= 11 is 12.1. The summed E-state index contributed by atoms with van der Waals surface area (Å²) in [5.41, 5.74) is 1.78. The SMILES string of the molecule is CN(C)C(=N)N1CC(c2ccccc2)C(c2ccc(Cl)cc2)N1S(=O)(=O)c1ccc(Cl)cc1. The Hall–Kier alpha value is -2.58. The van der Waals surface area contributed by atoms with Crippen molar-refractivity contribution >= 4 is 39.2 Å². The largest absolute Gasteiger partial charge is 0.348 e. The highest BCUT2D eigenvalue weighted by atomic mass is 35.5. The van der Waals surface area contributed by atoms with Crippen molar-refractivity contribution in [2.45, 2.75) is 16.9 Å². The molecule has 9 heteroatoms. The van der Waals surface area contributed by atoms with Gasteiger partial charge in [-0.1, -0.05) is 70.1 Å². The predicted octanol–water partition coefficient (Wildman–Crippen LogP) is 5.24. The molecule has 0 bridgehead atoms. The van der Waals surface area contributed by atoms with E-state index in [2.05, 4.69) is 0 Å². The lowest BCUT2D eigenvalue weighted by Crippen LogP contribution is -2.49. The Morgan fingerprint density at radius 1 is 0.879 bits per heavy atom. The molecule has 0 amide bonds. The predicted molar refractivity (Wildman–Crippen MR) is 132 cm³/mol. The second-order valence-corrected chi connectivity index (χ2v) is 10.7. The number of hydrogen-bond donors (Lipinski definition) is 1. The lowest BCUT2D eigenvalue weighted by atomic mass is 9.89. The fraction of sp³-hybridized carbons (Fsp3) is 0.208. The Morgan fingerprint density at radius 3 is 1.97 bits per heavy atom. The molecule has 33 heavy (non-hydrogen) atoms. The minimum atomic E-state index is -4.03. The molecule has 1 heterocycles. The molecule has 0 aromatic heterocycles. The number of halogens is 2. The minimum absolute atomic E-state index is 0.0740. The Kier molecular flexibility index (Phi) is 6.68. The molecule has 1 saturated heterocycles. The normalized spacial score (nSPS) is 19.0. The molecule has 1 aliphatic rings. The average Bonchev–Trinajstić information content (AvgIpc) is 3.21. The third-order valence-electron chi connectivity index (χ3n) is 5.69. The standard InChI is InChI=1S/C24H24Cl2N4O2S/c1-28(2)24(27)29-16-22(17-6-4-3-5-7-17)23(18-8-10-19(25)11-9-18)30(29)33(31,32)21-14-12-20(26)13-15-21/h3-15,22-23,27H,16H2,1-2H3. The molecule has 2 atom stereocenters. The molecule has 4 rings (SSSR count). The number of guanidine groups is 1. The first-order valence-corrected chi connectivity index (χ1v) is 12.5. The van der Waals surface area contributed by atoms with Gasteiger partial charge in [0.15, 0.2) is 0 Å². The van der Waals surface area contributed by atoms with Crippen molar-refractivity contribution in [1.29, 1.82) is 5.41 Å². The van der Waals surface area contributed by atoms with Crippen LogP contribution in [-0.2, 0) is 10.0 Å². The Morgan fingerprint density at radius 2 is 1.42 bits per heavy atom. The number of nitrogens with one attached hydrogen (secondary N) is 1. The molecule has 2 unspecified atom stereocenters. The number of hydrazine groups is 1. The topological polar surface area (TPSA) is 67.7 Å². The van der Waals surface area contributed by atoms with Crippen LogP contribution in [0.5, 0.6) is 0 Å². The summed E-state index contributed by atoms with van der Waals surface area (Å²) in [6.45, 7) is 0.321. The smallest absolute Gasteiger partial charge is 0.260 e. The van der Waals surface area contributed by atoms with Gasteiger partial charge in [0.05, 0.1) is 10.9 Å². The maximum Gasteiger partial charge on any atom is 0.260 e. The number of nitrogens with zero attached hydrogens (tertiary/aromatic N) is 3. The fourth-order valence-electron chi connectivity index (χ4n) is 4.08. The van der Waals surface area contributed by atoms with Crippen LogP contribution in [0.2, 0.25) is 10.0 Å². The molecule has 172 valence electrons. The number of rotatable bonds is 4. The second kappa shape index (κ2) is 9.35. The highest BCUT2D eigenvalue weighted by Crippen LogP contribution is 2.46. The van der Waals surface area contributed by atoms with E-state index >= 15 is 0 Å². The van der Waals surface area contributed by atoms with Crippen LogP contribution >= 0.6 is 23.2 Å². The molecule has 0 saturated carbocycles. The summed E-state index contributed by atoms with van der Waals surface area (Å²) < 4.78 is 29.4. The third kappa shape index (κ3) is 4.59. The van der Waals surface area contributed by atoms with Crippen LogP contribution in [0.4, 0.5) is 0 Å². The minimum Gasteiger partial charge on any atom is -0.348 e. The van der Waals surface area contributed by atoms with Crippen LogP contribution in [0.15, 0.2) is 83.8 Å². The maximum absolute atomic E-state index is 14.0. The third-order valence-corrected chi connectivity index (χ3v) is 7.98. The lowest BCUT2D eigenvalue weighted by Gasteiger charge is -2.34. The van der Waals surface area contributed by atoms with E-state index in [1.807, 2.05) is 42.5 Å². The van der Waals surface area contributed by atoms with Crippen LogP contribution in [0.1, 0.15) is 23.1 Å². The first-order chi connectivity index (χ1) is 15.7. The highest BCUT2D eigenvalue weighted by molar-refractivity contribution is 7.89. The van der Waals surface area contributed by atoms with Gasteiger partial charge in [0.2, 0.25) is 5.96 Å². The summed E-state index contributed by atoms with van der Waals surface area (Å²) in [7, 11) is -0.582. The molecule has 3 aromatic rings. The van der Waals surface area contributed by atoms with Gasteiger partial charge in [0, 0.05) is 36.6 Å². The van der Waals surface area contributed by atoms with Crippen molar-refractivity contribution in [3.05, 3.63) is 100 Å². The second-order valence-electron chi connectivity index (χ2n) is 8.05. The van der Waals surface area contributed by atoms with Gasteiger partial charge < -0.3 is 4.90 Å².